The van der Waals surface area contributed by atoms with Crippen molar-refractivity contribution in [2.75, 3.05) is 18.4 Å². The monoisotopic (exact) mass is 350 g/mol. The second-order valence-electron chi connectivity index (χ2n) is 7.20. The van der Waals surface area contributed by atoms with Crippen molar-refractivity contribution >= 4 is 11.6 Å². The van der Waals surface area contributed by atoms with Gasteiger partial charge in [-0.3, -0.25) is 4.79 Å². The summed E-state index contributed by atoms with van der Waals surface area (Å²) in [6, 6.07) is 16.4. The predicted octanol–water partition coefficient (Wildman–Crippen LogP) is 4.92. The van der Waals surface area contributed by atoms with Gasteiger partial charge >= 0.3 is 0 Å². The van der Waals surface area contributed by atoms with Gasteiger partial charge in [0.25, 0.3) is 5.91 Å². The number of benzene rings is 2. The van der Waals surface area contributed by atoms with Crippen LogP contribution >= 0.6 is 0 Å². The number of hydrogen-bond acceptors (Lipinski definition) is 2. The van der Waals surface area contributed by atoms with E-state index in [0.29, 0.717) is 11.6 Å². The van der Waals surface area contributed by atoms with Crippen LogP contribution in [-0.2, 0) is 12.8 Å². The Morgan fingerprint density at radius 2 is 1.77 bits per heavy atom. The van der Waals surface area contributed by atoms with Gasteiger partial charge in [-0.1, -0.05) is 44.2 Å². The minimum absolute atomic E-state index is 0.0280. The van der Waals surface area contributed by atoms with Crippen LogP contribution in [-0.4, -0.2) is 29.9 Å². The number of nitrogens with zero attached hydrogens (tertiary/aromatic N) is 1. The normalized spacial score (nSPS) is 16.3. The van der Waals surface area contributed by atoms with Crippen molar-refractivity contribution in [2.24, 2.45) is 0 Å². The van der Waals surface area contributed by atoms with E-state index in [9.17, 15) is 4.79 Å². The van der Waals surface area contributed by atoms with E-state index in [1.54, 1.807) is 0 Å². The van der Waals surface area contributed by atoms with Gasteiger partial charge in [0.1, 0.15) is 0 Å². The number of carbonyl (C=O) groups is 1. The lowest BCUT2D eigenvalue weighted by atomic mass is 9.86. The molecule has 2 aromatic carbocycles. The van der Waals surface area contributed by atoms with Gasteiger partial charge in [0.2, 0.25) is 0 Å². The van der Waals surface area contributed by atoms with E-state index in [-0.39, 0.29) is 5.91 Å². The van der Waals surface area contributed by atoms with E-state index in [4.69, 9.17) is 0 Å². The number of rotatable bonds is 7. The molecule has 3 rings (SSSR count). The number of anilines is 1. The molecule has 3 heteroatoms. The molecule has 0 fully saturated rings. The van der Waals surface area contributed by atoms with Crippen LogP contribution in [0.15, 0.2) is 48.5 Å². The fraction of sp³-hybridized carbons (Fsp3) is 0.435. The number of amides is 1. The topological polar surface area (TPSA) is 32.3 Å². The van der Waals surface area contributed by atoms with Gasteiger partial charge in [0.05, 0.1) is 0 Å². The first kappa shape index (κ1) is 18.7. The van der Waals surface area contributed by atoms with Crippen molar-refractivity contribution in [2.45, 2.75) is 52.0 Å². The fourth-order valence-electron chi connectivity index (χ4n) is 4.05. The summed E-state index contributed by atoms with van der Waals surface area (Å²) in [4.78, 5) is 15.2. The Kier molecular flexibility index (Phi) is 6.45. The molecule has 0 heterocycles. The molecule has 26 heavy (non-hydrogen) atoms. The third-order valence-corrected chi connectivity index (χ3v) is 5.28. The minimum Gasteiger partial charge on any atom is -0.322 e. The highest BCUT2D eigenvalue weighted by Crippen LogP contribution is 2.30. The second kappa shape index (κ2) is 9.00. The van der Waals surface area contributed by atoms with Crippen LogP contribution in [0, 0.1) is 0 Å². The summed E-state index contributed by atoms with van der Waals surface area (Å²) >= 11 is 0. The standard InChI is InChI=1S/C23H30N2O/c1-3-15-25(16-4-2)20-13-14-21-19(17-20)11-8-12-22(21)24-23(26)18-9-6-5-7-10-18/h5-12,20H,3-4,13-17H2,1-2H3,(H,24,26). The molecule has 138 valence electrons. The molecule has 0 spiro atoms. The van der Waals surface area contributed by atoms with Crippen molar-refractivity contribution in [3.05, 3.63) is 65.2 Å². The molecule has 1 atom stereocenters. The zero-order chi connectivity index (χ0) is 18.4. The highest BCUT2D eigenvalue weighted by atomic mass is 16.1. The molecule has 2 aromatic rings. The van der Waals surface area contributed by atoms with E-state index in [0.717, 1.165) is 18.5 Å². The SMILES string of the molecule is CCCN(CCC)C1CCc2c(cccc2NC(=O)c2ccccc2)C1. The maximum Gasteiger partial charge on any atom is 0.255 e. The molecule has 1 aliphatic rings. The Morgan fingerprint density at radius 3 is 2.46 bits per heavy atom. The van der Waals surface area contributed by atoms with Gasteiger partial charge < -0.3 is 10.2 Å². The van der Waals surface area contributed by atoms with E-state index >= 15 is 0 Å². The Hall–Kier alpha value is -2.13. The Bertz CT molecular complexity index is 720. The van der Waals surface area contributed by atoms with Gasteiger partial charge in [-0.05, 0) is 74.5 Å². The maximum atomic E-state index is 12.5. The molecule has 1 aliphatic carbocycles. The quantitative estimate of drug-likeness (QED) is 0.769. The van der Waals surface area contributed by atoms with Gasteiger partial charge in [-0.2, -0.15) is 0 Å². The summed E-state index contributed by atoms with van der Waals surface area (Å²) in [6.07, 6.45) is 5.71. The summed E-state index contributed by atoms with van der Waals surface area (Å²) in [5.74, 6) is -0.0280. The first-order valence-electron chi connectivity index (χ1n) is 9.94. The summed E-state index contributed by atoms with van der Waals surface area (Å²) in [5, 5.41) is 3.13. The molecule has 0 saturated carbocycles. The van der Waals surface area contributed by atoms with Crippen LogP contribution in [0.3, 0.4) is 0 Å². The lowest BCUT2D eigenvalue weighted by molar-refractivity contribution is 0.102. The van der Waals surface area contributed by atoms with Crippen molar-refractivity contribution in [3.63, 3.8) is 0 Å². The molecule has 0 bridgehead atoms. The van der Waals surface area contributed by atoms with E-state index in [2.05, 4.69) is 36.2 Å². The predicted molar refractivity (Wildman–Crippen MR) is 109 cm³/mol. The number of fused-ring (bicyclic) bond motifs is 1. The molecule has 3 nitrogen and oxygen atoms in total. The molecular formula is C23H30N2O. The van der Waals surface area contributed by atoms with Crippen molar-refractivity contribution in [3.8, 4) is 0 Å². The number of nitrogens with one attached hydrogen (secondary N) is 1. The maximum absolute atomic E-state index is 12.5. The molecule has 0 aliphatic heterocycles. The Labute approximate surface area is 157 Å². The van der Waals surface area contributed by atoms with Crippen LogP contribution < -0.4 is 5.32 Å². The highest BCUT2D eigenvalue weighted by Gasteiger charge is 2.25. The molecule has 1 amide bonds. The van der Waals surface area contributed by atoms with Gasteiger partial charge in [-0.15, -0.1) is 0 Å². The molecule has 0 aromatic heterocycles. The van der Waals surface area contributed by atoms with Gasteiger partial charge in [0.15, 0.2) is 0 Å². The average Bonchev–Trinajstić information content (AvgIpc) is 2.68. The van der Waals surface area contributed by atoms with Crippen molar-refractivity contribution in [1.82, 2.24) is 4.90 Å². The fourth-order valence-corrected chi connectivity index (χ4v) is 4.05. The van der Waals surface area contributed by atoms with Gasteiger partial charge in [-0.25, -0.2) is 0 Å². The van der Waals surface area contributed by atoms with Crippen molar-refractivity contribution < 1.29 is 4.79 Å². The van der Waals surface area contributed by atoms with Crippen LogP contribution in [0.1, 0.15) is 54.6 Å². The largest absolute Gasteiger partial charge is 0.322 e. The molecule has 1 N–H and O–H groups in total. The number of hydrogen-bond donors (Lipinski definition) is 1. The molecular weight excluding hydrogens is 320 g/mol. The Morgan fingerprint density at radius 1 is 1.04 bits per heavy atom. The Balaban J connectivity index is 1.75. The summed E-state index contributed by atoms with van der Waals surface area (Å²) < 4.78 is 0. The van der Waals surface area contributed by atoms with Crippen molar-refractivity contribution in [1.29, 1.82) is 0 Å². The first-order valence-corrected chi connectivity index (χ1v) is 9.94. The lowest BCUT2D eigenvalue weighted by Gasteiger charge is -2.35. The third-order valence-electron chi connectivity index (χ3n) is 5.28. The van der Waals surface area contributed by atoms with Crippen LogP contribution in [0.25, 0.3) is 0 Å². The van der Waals surface area contributed by atoms with E-state index < -0.39 is 0 Å². The van der Waals surface area contributed by atoms with Crippen LogP contribution in [0.4, 0.5) is 5.69 Å². The summed E-state index contributed by atoms with van der Waals surface area (Å²) in [6.45, 7) is 6.88. The summed E-state index contributed by atoms with van der Waals surface area (Å²) in [5.41, 5.74) is 4.40. The van der Waals surface area contributed by atoms with E-state index in [1.807, 2.05) is 36.4 Å². The van der Waals surface area contributed by atoms with Crippen LogP contribution in [0.5, 0.6) is 0 Å². The van der Waals surface area contributed by atoms with E-state index in [1.165, 1.54) is 43.5 Å². The third kappa shape index (κ3) is 4.34. The molecule has 0 radical (unpaired) electrons. The zero-order valence-corrected chi connectivity index (χ0v) is 16.0. The first-order chi connectivity index (χ1) is 12.7. The summed E-state index contributed by atoms with van der Waals surface area (Å²) in [7, 11) is 0. The zero-order valence-electron chi connectivity index (χ0n) is 16.0. The number of carbonyl (C=O) groups excluding carboxylic acids is 1. The lowest BCUT2D eigenvalue weighted by Crippen LogP contribution is -2.40. The van der Waals surface area contributed by atoms with Crippen LogP contribution in [0.2, 0.25) is 0 Å². The minimum atomic E-state index is -0.0280. The van der Waals surface area contributed by atoms with Gasteiger partial charge in [0, 0.05) is 17.3 Å². The second-order valence-corrected chi connectivity index (χ2v) is 7.20. The smallest absolute Gasteiger partial charge is 0.255 e. The average molecular weight is 351 g/mol. The highest BCUT2D eigenvalue weighted by molar-refractivity contribution is 6.04. The molecule has 0 saturated heterocycles. The molecule has 1 unspecified atom stereocenters.